The predicted octanol–water partition coefficient (Wildman–Crippen LogP) is 6.50. The van der Waals surface area contributed by atoms with Crippen LogP contribution in [0.4, 0.5) is 0 Å². The van der Waals surface area contributed by atoms with E-state index in [1.807, 2.05) is 13.0 Å². The number of aromatic nitrogens is 1. The summed E-state index contributed by atoms with van der Waals surface area (Å²) in [4.78, 5) is 16.3. The molecule has 7 rings (SSSR count). The first kappa shape index (κ1) is 24.4. The third-order valence-corrected chi connectivity index (χ3v) is 8.75. The van der Waals surface area contributed by atoms with Gasteiger partial charge in [-0.1, -0.05) is 12.1 Å². The third-order valence-electron chi connectivity index (χ3n) is 8.75. The van der Waals surface area contributed by atoms with E-state index in [1.54, 1.807) is 19.4 Å². The van der Waals surface area contributed by atoms with Crippen molar-refractivity contribution in [3.63, 3.8) is 0 Å². The van der Waals surface area contributed by atoms with Gasteiger partial charge in [-0.2, -0.15) is 0 Å². The number of carbonyl (C=O) groups is 1. The Morgan fingerprint density at radius 3 is 2.30 bits per heavy atom. The first-order valence-corrected chi connectivity index (χ1v) is 13.4. The second-order valence-electron chi connectivity index (χ2n) is 11.1. The van der Waals surface area contributed by atoms with Crippen molar-refractivity contribution in [1.82, 2.24) is 4.98 Å². The molecule has 0 amide bonds. The average Bonchev–Trinajstić information content (AvgIpc) is 2.91. The van der Waals surface area contributed by atoms with Gasteiger partial charge in [0, 0.05) is 24.4 Å². The van der Waals surface area contributed by atoms with E-state index < -0.39 is 6.48 Å². The summed E-state index contributed by atoms with van der Waals surface area (Å²) < 4.78 is 22.4. The quantitative estimate of drug-likeness (QED) is 0.259. The Morgan fingerprint density at radius 2 is 1.70 bits per heavy atom. The number of carbonyl (C=O) groups excluding carboxylic acids is 1. The van der Waals surface area contributed by atoms with Gasteiger partial charge in [-0.05, 0) is 110 Å². The van der Waals surface area contributed by atoms with E-state index in [-0.39, 0.29) is 11.4 Å². The Balaban J connectivity index is 1.42. The van der Waals surface area contributed by atoms with Gasteiger partial charge >= 0.3 is 12.4 Å². The number of hydrogen-bond acceptors (Lipinski definition) is 6. The summed E-state index contributed by atoms with van der Waals surface area (Å²) in [5.41, 5.74) is 3.73. The van der Waals surface area contributed by atoms with Crippen molar-refractivity contribution in [3.8, 4) is 17.0 Å². The maximum absolute atomic E-state index is 11.8. The minimum absolute atomic E-state index is 0.152. The van der Waals surface area contributed by atoms with Gasteiger partial charge in [0.25, 0.3) is 0 Å². The van der Waals surface area contributed by atoms with Gasteiger partial charge < -0.3 is 18.9 Å². The van der Waals surface area contributed by atoms with Gasteiger partial charge in [0.05, 0.1) is 25.0 Å². The van der Waals surface area contributed by atoms with Crippen molar-refractivity contribution in [2.24, 2.45) is 17.8 Å². The van der Waals surface area contributed by atoms with Crippen molar-refractivity contribution in [3.05, 3.63) is 59.8 Å². The van der Waals surface area contributed by atoms with Crippen LogP contribution in [0.15, 0.2) is 48.7 Å². The Kier molecular flexibility index (Phi) is 6.41. The molecule has 0 aliphatic heterocycles. The maximum Gasteiger partial charge on any atom is 0.339 e. The molecule has 1 unspecified atom stereocenters. The molecule has 1 heterocycles. The molecular formula is C31H35NO5. The van der Waals surface area contributed by atoms with Crippen molar-refractivity contribution in [2.75, 3.05) is 20.8 Å². The van der Waals surface area contributed by atoms with Crippen LogP contribution >= 0.6 is 0 Å². The van der Waals surface area contributed by atoms with Gasteiger partial charge in [0.15, 0.2) is 0 Å². The topological polar surface area (TPSA) is 66.9 Å². The largest absolute Gasteiger partial charge is 0.465 e. The number of nitrogens with zero attached hydrogens (tertiary/aromatic N) is 1. The summed E-state index contributed by atoms with van der Waals surface area (Å²) in [5.74, 6) is 2.96. The van der Waals surface area contributed by atoms with Crippen molar-refractivity contribution in [2.45, 2.75) is 57.3 Å². The summed E-state index contributed by atoms with van der Waals surface area (Å²) in [5, 5.41) is 2.27. The highest BCUT2D eigenvalue weighted by atomic mass is 16.8. The molecule has 4 aliphatic rings. The zero-order chi connectivity index (χ0) is 25.6. The van der Waals surface area contributed by atoms with E-state index in [1.165, 1.54) is 56.6 Å². The fourth-order valence-electron chi connectivity index (χ4n) is 7.58. The number of pyridine rings is 1. The molecule has 3 aromatic rings. The Bertz CT molecular complexity index is 1270. The van der Waals surface area contributed by atoms with E-state index in [9.17, 15) is 4.79 Å². The minimum atomic E-state index is -0.730. The average molecular weight is 502 g/mol. The van der Waals surface area contributed by atoms with Crippen LogP contribution < -0.4 is 4.74 Å². The fraction of sp³-hybridized carbons (Fsp3) is 0.484. The van der Waals surface area contributed by atoms with Gasteiger partial charge in [-0.3, -0.25) is 4.98 Å². The number of ether oxygens (including phenoxy) is 4. The van der Waals surface area contributed by atoms with E-state index in [0.717, 1.165) is 40.1 Å². The molecule has 4 fully saturated rings. The lowest BCUT2D eigenvalue weighted by Gasteiger charge is -2.57. The second-order valence-corrected chi connectivity index (χ2v) is 11.1. The summed E-state index contributed by atoms with van der Waals surface area (Å²) in [7, 11) is 3.00. The van der Waals surface area contributed by atoms with Crippen LogP contribution in [0.3, 0.4) is 0 Å². The lowest BCUT2D eigenvalue weighted by molar-refractivity contribution is -0.231. The molecule has 0 N–H and O–H groups in total. The standard InChI is InChI=1S/C31H35NO5/c1-4-36-30(35-3)37-28-14-22-5-6-23(27-8-7-24(18-32-27)29(33)34-2)12-25(22)13-26(28)31-15-19-9-20(16-31)11-21(10-19)17-31/h5-8,12-14,18-21,30H,4,9-11,15-17H2,1-3H3. The highest BCUT2D eigenvalue weighted by Crippen LogP contribution is 2.62. The number of benzene rings is 2. The lowest BCUT2D eigenvalue weighted by atomic mass is 9.48. The molecule has 4 saturated carbocycles. The molecule has 2 aromatic carbocycles. The van der Waals surface area contributed by atoms with Crippen LogP contribution in [0.1, 0.15) is 61.4 Å². The van der Waals surface area contributed by atoms with E-state index in [2.05, 4.69) is 35.3 Å². The molecule has 37 heavy (non-hydrogen) atoms. The minimum Gasteiger partial charge on any atom is -0.465 e. The van der Waals surface area contributed by atoms with Crippen LogP contribution in [0.5, 0.6) is 5.75 Å². The fourth-order valence-corrected chi connectivity index (χ4v) is 7.58. The molecule has 4 aliphatic carbocycles. The SMILES string of the molecule is CCOC(OC)Oc1cc2ccc(-c3ccc(C(=O)OC)cn3)cc2cc1C12CC3CC(CC(C3)C1)C2. The van der Waals surface area contributed by atoms with E-state index in [0.29, 0.717) is 12.2 Å². The van der Waals surface area contributed by atoms with E-state index >= 15 is 0 Å². The third kappa shape index (κ3) is 4.51. The van der Waals surface area contributed by atoms with Crippen molar-refractivity contribution < 1.29 is 23.7 Å². The van der Waals surface area contributed by atoms with Gasteiger partial charge in [-0.25, -0.2) is 4.79 Å². The summed E-state index contributed by atoms with van der Waals surface area (Å²) in [6.07, 6.45) is 9.46. The van der Waals surface area contributed by atoms with Crippen LogP contribution in [0.25, 0.3) is 22.0 Å². The normalized spacial score (nSPS) is 26.8. The smallest absolute Gasteiger partial charge is 0.339 e. The highest BCUT2D eigenvalue weighted by Gasteiger charge is 2.52. The molecule has 0 radical (unpaired) electrons. The number of fused-ring (bicyclic) bond motifs is 1. The van der Waals surface area contributed by atoms with Crippen LogP contribution in [0, 0.1) is 17.8 Å². The zero-order valence-corrected chi connectivity index (χ0v) is 21.9. The predicted molar refractivity (Wildman–Crippen MR) is 141 cm³/mol. The van der Waals surface area contributed by atoms with E-state index in [4.69, 9.17) is 18.9 Å². The molecule has 4 bridgehead atoms. The summed E-state index contributed by atoms with van der Waals surface area (Å²) in [6.45, 7) is 1.74. The number of rotatable bonds is 8. The van der Waals surface area contributed by atoms with Gasteiger partial charge in [0.1, 0.15) is 5.75 Å². The molecule has 6 heteroatoms. The number of hydrogen-bond donors (Lipinski definition) is 0. The molecule has 0 spiro atoms. The maximum atomic E-state index is 11.8. The molecule has 194 valence electrons. The lowest BCUT2D eigenvalue weighted by Crippen LogP contribution is -2.48. The summed E-state index contributed by atoms with van der Waals surface area (Å²) in [6, 6.07) is 14.5. The molecule has 1 aromatic heterocycles. The van der Waals surface area contributed by atoms with Crippen molar-refractivity contribution in [1.29, 1.82) is 0 Å². The Morgan fingerprint density at radius 1 is 0.973 bits per heavy atom. The molecule has 1 atom stereocenters. The molecular weight excluding hydrogens is 466 g/mol. The monoisotopic (exact) mass is 501 g/mol. The zero-order valence-electron chi connectivity index (χ0n) is 21.9. The van der Waals surface area contributed by atoms with Gasteiger partial charge in [-0.15, -0.1) is 0 Å². The molecule has 0 saturated heterocycles. The Labute approximate surface area is 218 Å². The number of methoxy groups -OCH3 is 2. The van der Waals surface area contributed by atoms with Crippen LogP contribution in [-0.2, 0) is 19.6 Å². The number of esters is 1. The molecule has 6 nitrogen and oxygen atoms in total. The van der Waals surface area contributed by atoms with Crippen LogP contribution in [0.2, 0.25) is 0 Å². The first-order chi connectivity index (χ1) is 18.0. The highest BCUT2D eigenvalue weighted by molar-refractivity contribution is 5.91. The Hall–Kier alpha value is -2.96. The summed E-state index contributed by atoms with van der Waals surface area (Å²) >= 11 is 0. The van der Waals surface area contributed by atoms with Crippen molar-refractivity contribution >= 4 is 16.7 Å². The first-order valence-electron chi connectivity index (χ1n) is 13.4. The van der Waals surface area contributed by atoms with Gasteiger partial charge in [0.2, 0.25) is 0 Å². The second kappa shape index (κ2) is 9.73. The van der Waals surface area contributed by atoms with Crippen LogP contribution in [-0.4, -0.2) is 38.3 Å².